The van der Waals surface area contributed by atoms with Gasteiger partial charge in [0, 0.05) is 5.56 Å². The van der Waals surface area contributed by atoms with Gasteiger partial charge in [-0.3, -0.25) is 9.52 Å². The van der Waals surface area contributed by atoms with Crippen molar-refractivity contribution in [2.45, 2.75) is 19.8 Å². The van der Waals surface area contributed by atoms with Crippen molar-refractivity contribution in [3.05, 3.63) is 23.8 Å². The molecular weight excluding hydrogens is 346 g/mol. The predicted octanol–water partition coefficient (Wildman–Crippen LogP) is 2.81. The molecule has 20 heavy (non-hydrogen) atoms. The average molecular weight is 364 g/mol. The highest BCUT2D eigenvalue weighted by molar-refractivity contribution is 9.09. The van der Waals surface area contributed by atoms with Gasteiger partial charge in [0.15, 0.2) is 5.78 Å². The summed E-state index contributed by atoms with van der Waals surface area (Å²) in [6.07, 6.45) is 2.91. The third kappa shape index (κ3) is 5.50. The second kappa shape index (κ2) is 7.64. The molecule has 0 unspecified atom stereocenters. The minimum atomic E-state index is -3.43. The quantitative estimate of drug-likeness (QED) is 0.437. The Kier molecular flexibility index (Phi) is 6.48. The smallest absolute Gasteiger partial charge is 0.229 e. The number of carbonyl (C=O) groups excluding carboxylic acids is 1. The van der Waals surface area contributed by atoms with Crippen molar-refractivity contribution in [1.82, 2.24) is 0 Å². The average Bonchev–Trinajstić information content (AvgIpc) is 2.38. The number of hydrogen-bond acceptors (Lipinski definition) is 4. The van der Waals surface area contributed by atoms with Crippen molar-refractivity contribution in [2.24, 2.45) is 0 Å². The number of nitrogens with one attached hydrogen (secondary N) is 1. The van der Waals surface area contributed by atoms with Crippen LogP contribution in [0.15, 0.2) is 18.2 Å². The van der Waals surface area contributed by atoms with Crippen LogP contribution in [-0.4, -0.2) is 32.4 Å². The number of hydrogen-bond donors (Lipinski definition) is 1. The number of sulfonamides is 1. The summed E-state index contributed by atoms with van der Waals surface area (Å²) in [6, 6.07) is 4.73. The minimum absolute atomic E-state index is 0.123. The summed E-state index contributed by atoms with van der Waals surface area (Å²) in [5.41, 5.74) is 0.714. The molecule has 1 rings (SSSR count). The molecule has 1 aromatic carbocycles. The number of anilines is 1. The molecule has 0 heterocycles. The van der Waals surface area contributed by atoms with Crippen LogP contribution < -0.4 is 9.46 Å². The van der Waals surface area contributed by atoms with Crippen LogP contribution in [0.3, 0.4) is 0 Å². The van der Waals surface area contributed by atoms with Crippen LogP contribution in [0.25, 0.3) is 0 Å². The predicted molar refractivity (Wildman–Crippen MR) is 83.4 cm³/mol. The van der Waals surface area contributed by atoms with E-state index in [9.17, 15) is 13.2 Å². The SMILES string of the molecule is CCCCOc1ccc(C(=O)CBr)cc1NS(C)(=O)=O. The van der Waals surface area contributed by atoms with Gasteiger partial charge in [-0.05, 0) is 24.6 Å². The van der Waals surface area contributed by atoms with Gasteiger partial charge in [0.25, 0.3) is 0 Å². The van der Waals surface area contributed by atoms with E-state index < -0.39 is 10.0 Å². The lowest BCUT2D eigenvalue weighted by molar-refractivity contribution is 0.102. The molecule has 0 amide bonds. The molecule has 5 nitrogen and oxygen atoms in total. The largest absolute Gasteiger partial charge is 0.491 e. The second-order valence-electron chi connectivity index (χ2n) is 4.34. The molecule has 0 saturated heterocycles. The van der Waals surface area contributed by atoms with E-state index in [0.29, 0.717) is 17.9 Å². The molecule has 0 saturated carbocycles. The number of ether oxygens (including phenoxy) is 1. The first-order valence-corrected chi connectivity index (χ1v) is 9.22. The van der Waals surface area contributed by atoms with E-state index in [1.165, 1.54) is 6.07 Å². The highest BCUT2D eigenvalue weighted by atomic mass is 79.9. The van der Waals surface area contributed by atoms with E-state index in [-0.39, 0.29) is 16.8 Å². The zero-order valence-corrected chi connectivity index (χ0v) is 13.9. The molecule has 0 aromatic heterocycles. The first-order valence-electron chi connectivity index (χ1n) is 6.21. The van der Waals surface area contributed by atoms with Crippen LogP contribution in [0.2, 0.25) is 0 Å². The lowest BCUT2D eigenvalue weighted by Gasteiger charge is -2.13. The fraction of sp³-hybridized carbons (Fsp3) is 0.462. The lowest BCUT2D eigenvalue weighted by atomic mass is 10.1. The van der Waals surface area contributed by atoms with Crippen molar-refractivity contribution in [2.75, 3.05) is 22.9 Å². The van der Waals surface area contributed by atoms with E-state index >= 15 is 0 Å². The fourth-order valence-corrected chi connectivity index (χ4v) is 2.40. The Bertz CT molecular complexity index is 572. The number of rotatable bonds is 8. The summed E-state index contributed by atoms with van der Waals surface area (Å²) in [5.74, 6) is 0.302. The standard InChI is InChI=1S/C13H18BrNO4S/c1-3-4-7-19-13-6-5-10(12(16)9-14)8-11(13)15-20(2,17)18/h5-6,8,15H,3-4,7,9H2,1-2H3. The van der Waals surface area contributed by atoms with Crippen LogP contribution in [0.5, 0.6) is 5.75 Å². The number of carbonyl (C=O) groups is 1. The Balaban J connectivity index is 3.06. The van der Waals surface area contributed by atoms with Gasteiger partial charge in [0.05, 0.1) is 23.9 Å². The molecule has 0 atom stereocenters. The van der Waals surface area contributed by atoms with Crippen LogP contribution >= 0.6 is 15.9 Å². The van der Waals surface area contributed by atoms with E-state index in [0.717, 1.165) is 19.1 Å². The molecule has 1 N–H and O–H groups in total. The van der Waals surface area contributed by atoms with E-state index in [2.05, 4.69) is 20.7 Å². The number of benzene rings is 1. The number of halogens is 1. The van der Waals surface area contributed by atoms with Crippen molar-refractivity contribution in [3.8, 4) is 5.75 Å². The molecule has 0 radical (unpaired) electrons. The maximum absolute atomic E-state index is 11.6. The fourth-order valence-electron chi connectivity index (χ4n) is 1.51. The summed E-state index contributed by atoms with van der Waals surface area (Å²) in [6.45, 7) is 2.54. The van der Waals surface area contributed by atoms with Crippen molar-refractivity contribution in [3.63, 3.8) is 0 Å². The molecular formula is C13H18BrNO4S. The van der Waals surface area contributed by atoms with Crippen LogP contribution in [0.4, 0.5) is 5.69 Å². The van der Waals surface area contributed by atoms with Crippen molar-refractivity contribution >= 4 is 37.4 Å². The van der Waals surface area contributed by atoms with Gasteiger partial charge in [-0.15, -0.1) is 0 Å². The maximum Gasteiger partial charge on any atom is 0.229 e. The van der Waals surface area contributed by atoms with Crippen molar-refractivity contribution < 1.29 is 17.9 Å². The molecule has 0 bridgehead atoms. The highest BCUT2D eigenvalue weighted by Gasteiger charge is 2.13. The molecule has 0 spiro atoms. The van der Waals surface area contributed by atoms with E-state index in [1.807, 2.05) is 6.92 Å². The van der Waals surface area contributed by atoms with Gasteiger partial charge < -0.3 is 4.74 Å². The Hall–Kier alpha value is -1.08. The Labute approximate surface area is 127 Å². The minimum Gasteiger partial charge on any atom is -0.491 e. The number of Topliss-reactive ketones (excluding diaryl/α,β-unsaturated/α-hetero) is 1. The monoisotopic (exact) mass is 363 g/mol. The van der Waals surface area contributed by atoms with Gasteiger partial charge in [-0.25, -0.2) is 8.42 Å². The Morgan fingerprint density at radius 3 is 2.65 bits per heavy atom. The maximum atomic E-state index is 11.6. The summed E-state index contributed by atoms with van der Waals surface area (Å²) < 4.78 is 30.7. The lowest BCUT2D eigenvalue weighted by Crippen LogP contribution is -2.12. The zero-order chi connectivity index (χ0) is 15.2. The zero-order valence-electron chi connectivity index (χ0n) is 11.5. The molecule has 0 aliphatic rings. The molecule has 112 valence electrons. The van der Waals surface area contributed by atoms with Crippen LogP contribution in [-0.2, 0) is 10.0 Å². The van der Waals surface area contributed by atoms with Gasteiger partial charge in [0.1, 0.15) is 5.75 Å². The van der Waals surface area contributed by atoms with E-state index in [1.54, 1.807) is 12.1 Å². The molecule has 0 fully saturated rings. The first-order chi connectivity index (χ1) is 9.37. The third-order valence-electron chi connectivity index (χ3n) is 2.47. The normalized spacial score (nSPS) is 11.2. The highest BCUT2D eigenvalue weighted by Crippen LogP contribution is 2.27. The topological polar surface area (TPSA) is 72.5 Å². The van der Waals surface area contributed by atoms with Gasteiger partial charge in [-0.2, -0.15) is 0 Å². The molecule has 1 aromatic rings. The third-order valence-corrected chi connectivity index (χ3v) is 3.57. The molecule has 0 aliphatic carbocycles. The number of ketones is 1. The van der Waals surface area contributed by atoms with Gasteiger partial charge in [0.2, 0.25) is 10.0 Å². The van der Waals surface area contributed by atoms with Gasteiger partial charge >= 0.3 is 0 Å². The second-order valence-corrected chi connectivity index (χ2v) is 6.65. The van der Waals surface area contributed by atoms with Crippen LogP contribution in [0, 0.1) is 0 Å². The van der Waals surface area contributed by atoms with E-state index in [4.69, 9.17) is 4.74 Å². The Morgan fingerprint density at radius 1 is 1.40 bits per heavy atom. The van der Waals surface area contributed by atoms with Crippen LogP contribution in [0.1, 0.15) is 30.1 Å². The summed E-state index contributed by atoms with van der Waals surface area (Å²) in [4.78, 5) is 11.6. The molecule has 7 heteroatoms. The summed E-state index contributed by atoms with van der Waals surface area (Å²) >= 11 is 3.09. The first kappa shape index (κ1) is 17.0. The Morgan fingerprint density at radius 2 is 2.10 bits per heavy atom. The number of unbranched alkanes of at least 4 members (excludes halogenated alkanes) is 1. The van der Waals surface area contributed by atoms with Gasteiger partial charge in [-0.1, -0.05) is 29.3 Å². The molecule has 0 aliphatic heterocycles. The summed E-state index contributed by atoms with van der Waals surface area (Å²) in [7, 11) is -3.43. The van der Waals surface area contributed by atoms with Crippen molar-refractivity contribution in [1.29, 1.82) is 0 Å². The number of alkyl halides is 1. The summed E-state index contributed by atoms with van der Waals surface area (Å²) in [5, 5.41) is 0.182.